The molecule has 0 amide bonds. The van der Waals surface area contributed by atoms with Gasteiger partial charge in [0.1, 0.15) is 18.6 Å². The zero-order valence-electron chi connectivity index (χ0n) is 9.40. The molecule has 0 saturated carbocycles. The molecule has 92 valence electrons. The molecule has 2 nitrogen and oxygen atoms in total. The van der Waals surface area contributed by atoms with Crippen LogP contribution < -0.4 is 4.74 Å². The molecule has 0 spiro atoms. The summed E-state index contributed by atoms with van der Waals surface area (Å²) in [5.74, 6) is 0.621. The molecule has 18 heavy (non-hydrogen) atoms. The van der Waals surface area contributed by atoms with Crippen LogP contribution in [-0.4, -0.2) is 6.29 Å². The second kappa shape index (κ2) is 5.89. The van der Waals surface area contributed by atoms with E-state index in [1.165, 1.54) is 0 Å². The van der Waals surface area contributed by atoms with Crippen LogP contribution in [0.25, 0.3) is 0 Å². The third kappa shape index (κ3) is 3.03. The van der Waals surface area contributed by atoms with Crippen molar-refractivity contribution in [2.75, 3.05) is 0 Å². The highest BCUT2D eigenvalue weighted by molar-refractivity contribution is 6.42. The predicted octanol–water partition coefficient (Wildman–Crippen LogP) is 4.38. The maximum absolute atomic E-state index is 10.6. The smallest absolute Gasteiger partial charge is 0.150 e. The fourth-order valence-corrected chi connectivity index (χ4v) is 1.87. The van der Waals surface area contributed by atoms with Crippen LogP contribution in [0.1, 0.15) is 15.9 Å². The lowest BCUT2D eigenvalue weighted by Crippen LogP contribution is -1.97. The van der Waals surface area contributed by atoms with Gasteiger partial charge in [0.15, 0.2) is 0 Å². The normalized spacial score (nSPS) is 10.1. The summed E-state index contributed by atoms with van der Waals surface area (Å²) in [5.41, 5.74) is 1.38. The summed E-state index contributed by atoms with van der Waals surface area (Å²) in [4.78, 5) is 10.6. The summed E-state index contributed by atoms with van der Waals surface area (Å²) in [6.45, 7) is 0.307. The topological polar surface area (TPSA) is 26.3 Å². The van der Waals surface area contributed by atoms with E-state index in [0.717, 1.165) is 11.8 Å². The van der Waals surface area contributed by atoms with Crippen LogP contribution >= 0.6 is 23.2 Å². The highest BCUT2D eigenvalue weighted by Crippen LogP contribution is 2.26. The molecule has 0 bridgehead atoms. The van der Waals surface area contributed by atoms with Gasteiger partial charge >= 0.3 is 0 Å². The number of hydrogen-bond acceptors (Lipinski definition) is 2. The first-order valence-corrected chi connectivity index (χ1v) is 6.07. The Morgan fingerprint density at radius 2 is 1.89 bits per heavy atom. The molecule has 0 saturated heterocycles. The molecular weight excluding hydrogens is 271 g/mol. The van der Waals surface area contributed by atoms with E-state index >= 15 is 0 Å². The van der Waals surface area contributed by atoms with Gasteiger partial charge in [-0.25, -0.2) is 0 Å². The van der Waals surface area contributed by atoms with Crippen molar-refractivity contribution in [1.29, 1.82) is 0 Å². The van der Waals surface area contributed by atoms with Crippen molar-refractivity contribution in [2.24, 2.45) is 0 Å². The number of ether oxygens (including phenoxy) is 1. The highest BCUT2D eigenvalue weighted by atomic mass is 35.5. The van der Waals surface area contributed by atoms with Crippen LogP contribution in [0.3, 0.4) is 0 Å². The van der Waals surface area contributed by atoms with Crippen LogP contribution in [0.5, 0.6) is 5.75 Å². The van der Waals surface area contributed by atoms with Crippen LogP contribution in [0.2, 0.25) is 10.0 Å². The van der Waals surface area contributed by atoms with Gasteiger partial charge in [0.25, 0.3) is 0 Å². The molecule has 0 aliphatic rings. The van der Waals surface area contributed by atoms with E-state index in [-0.39, 0.29) is 0 Å². The second-order valence-electron chi connectivity index (χ2n) is 3.69. The lowest BCUT2D eigenvalue weighted by atomic mass is 10.2. The molecule has 2 aromatic carbocycles. The summed E-state index contributed by atoms with van der Waals surface area (Å²) < 4.78 is 5.57. The lowest BCUT2D eigenvalue weighted by Gasteiger charge is -2.08. The number of rotatable bonds is 4. The molecule has 0 aliphatic heterocycles. The summed E-state index contributed by atoms with van der Waals surface area (Å²) in [7, 11) is 0. The molecule has 0 radical (unpaired) electrons. The van der Waals surface area contributed by atoms with Crippen molar-refractivity contribution in [3.8, 4) is 5.75 Å². The fourth-order valence-electron chi connectivity index (χ4n) is 1.50. The largest absolute Gasteiger partial charge is 0.489 e. The second-order valence-corrected chi connectivity index (χ2v) is 4.48. The molecule has 0 aromatic heterocycles. The minimum Gasteiger partial charge on any atom is -0.489 e. The molecule has 0 aliphatic carbocycles. The van der Waals surface area contributed by atoms with E-state index in [4.69, 9.17) is 27.9 Å². The highest BCUT2D eigenvalue weighted by Gasteiger charge is 2.05. The summed E-state index contributed by atoms with van der Waals surface area (Å²) in [6.07, 6.45) is 0.777. The molecule has 0 atom stereocenters. The molecule has 2 aromatic rings. The third-order valence-electron chi connectivity index (χ3n) is 2.42. The first-order valence-electron chi connectivity index (χ1n) is 5.31. The van der Waals surface area contributed by atoms with Crippen molar-refractivity contribution < 1.29 is 9.53 Å². The maximum atomic E-state index is 10.6. The Hall–Kier alpha value is -1.51. The van der Waals surface area contributed by atoms with E-state index < -0.39 is 0 Å². The Bertz CT molecular complexity index is 567. The minimum atomic E-state index is 0.307. The van der Waals surface area contributed by atoms with Gasteiger partial charge in [-0.05, 0) is 18.2 Å². The minimum absolute atomic E-state index is 0.307. The number of aldehydes is 1. The first-order chi connectivity index (χ1) is 8.70. The van der Waals surface area contributed by atoms with E-state index in [1.807, 2.05) is 12.1 Å². The van der Waals surface area contributed by atoms with Crippen molar-refractivity contribution >= 4 is 29.5 Å². The van der Waals surface area contributed by atoms with Gasteiger partial charge in [-0.2, -0.15) is 0 Å². The average molecular weight is 281 g/mol. The summed E-state index contributed by atoms with van der Waals surface area (Å²) in [6, 6.07) is 12.3. The van der Waals surface area contributed by atoms with Crippen molar-refractivity contribution in [2.45, 2.75) is 6.61 Å². The molecule has 4 heteroatoms. The molecule has 0 heterocycles. The zero-order valence-corrected chi connectivity index (χ0v) is 10.9. The van der Waals surface area contributed by atoms with E-state index in [9.17, 15) is 4.79 Å². The average Bonchev–Trinajstić information content (AvgIpc) is 2.41. The number of halogens is 2. The summed E-state index contributed by atoms with van der Waals surface area (Å²) >= 11 is 12.0. The molecule has 2 rings (SSSR count). The number of carbonyl (C=O) groups excluding carboxylic acids is 1. The monoisotopic (exact) mass is 280 g/mol. The Labute approximate surface area is 115 Å². The zero-order chi connectivity index (χ0) is 13.0. The Kier molecular flexibility index (Phi) is 4.24. The number of carbonyl (C=O) groups is 1. The van der Waals surface area contributed by atoms with Gasteiger partial charge in [0.2, 0.25) is 0 Å². The molecule has 0 N–H and O–H groups in total. The molecular formula is C14H10Cl2O2. The van der Waals surface area contributed by atoms with Crippen molar-refractivity contribution in [1.82, 2.24) is 0 Å². The Morgan fingerprint density at radius 3 is 2.67 bits per heavy atom. The maximum Gasteiger partial charge on any atom is 0.150 e. The number of benzene rings is 2. The van der Waals surface area contributed by atoms with E-state index in [2.05, 4.69) is 0 Å². The van der Waals surface area contributed by atoms with E-state index in [0.29, 0.717) is 28.0 Å². The quantitative estimate of drug-likeness (QED) is 0.777. The van der Waals surface area contributed by atoms with Crippen LogP contribution in [0.4, 0.5) is 0 Å². The van der Waals surface area contributed by atoms with Crippen LogP contribution in [0, 0.1) is 0 Å². The standard InChI is InChI=1S/C14H10Cl2O2/c15-13-6-2-4-11(14(13)16)9-18-12-5-1-3-10(7-12)8-17/h1-8H,9H2. The SMILES string of the molecule is O=Cc1cccc(OCc2cccc(Cl)c2Cl)c1. The lowest BCUT2D eigenvalue weighted by molar-refractivity contribution is 0.112. The third-order valence-corrected chi connectivity index (χ3v) is 3.28. The van der Waals surface area contributed by atoms with Gasteiger partial charge in [-0.1, -0.05) is 47.5 Å². The van der Waals surface area contributed by atoms with Crippen molar-refractivity contribution in [3.63, 3.8) is 0 Å². The van der Waals surface area contributed by atoms with Crippen LogP contribution in [0.15, 0.2) is 42.5 Å². The summed E-state index contributed by atoms with van der Waals surface area (Å²) in [5, 5.41) is 0.991. The Balaban J connectivity index is 2.11. The van der Waals surface area contributed by atoms with Gasteiger partial charge in [0.05, 0.1) is 10.0 Å². The molecule has 0 unspecified atom stereocenters. The first kappa shape index (κ1) is 12.9. The van der Waals surface area contributed by atoms with Gasteiger partial charge in [-0.15, -0.1) is 0 Å². The molecule has 0 fully saturated rings. The number of hydrogen-bond donors (Lipinski definition) is 0. The van der Waals surface area contributed by atoms with Gasteiger partial charge < -0.3 is 4.74 Å². The van der Waals surface area contributed by atoms with Gasteiger partial charge in [-0.3, -0.25) is 4.79 Å². The van der Waals surface area contributed by atoms with Crippen molar-refractivity contribution in [3.05, 3.63) is 63.6 Å². The fraction of sp³-hybridized carbons (Fsp3) is 0.0714. The van der Waals surface area contributed by atoms with Crippen LogP contribution in [-0.2, 0) is 6.61 Å². The predicted molar refractivity (Wildman–Crippen MR) is 72.6 cm³/mol. The van der Waals surface area contributed by atoms with Gasteiger partial charge in [0, 0.05) is 11.1 Å². The van der Waals surface area contributed by atoms with E-state index in [1.54, 1.807) is 30.3 Å². The Morgan fingerprint density at radius 1 is 1.11 bits per heavy atom.